The standard InChI is InChI=1S/C25H24NO.C5H8O2.Ir/c1-24(2)14-17-10-11-20-21(19(17)15-25(24,3)4)18-12-13-26-22(23(18)27-20)16-8-6-5-7-9-16;1-4(6)3-5(2)7;/h5-8,10-13H,14-15H2,1-4H3;3,6H,1-2H3;/q-1;;/b;4-3-;. The van der Waals surface area contributed by atoms with Crippen LogP contribution >= 0.6 is 0 Å². The van der Waals surface area contributed by atoms with Crippen molar-refractivity contribution in [3.05, 3.63) is 77.7 Å². The summed E-state index contributed by atoms with van der Waals surface area (Å²) in [5.41, 5.74) is 7.09. The quantitative estimate of drug-likeness (QED) is 0.138. The Labute approximate surface area is 220 Å². The third kappa shape index (κ3) is 5.27. The van der Waals surface area contributed by atoms with Crippen molar-refractivity contribution in [1.82, 2.24) is 4.98 Å². The fourth-order valence-electron chi connectivity index (χ4n) is 4.70. The van der Waals surface area contributed by atoms with Gasteiger partial charge in [-0.15, -0.1) is 35.9 Å². The Morgan fingerprint density at radius 3 is 2.37 bits per heavy atom. The van der Waals surface area contributed by atoms with Gasteiger partial charge in [-0.3, -0.25) is 4.79 Å². The summed E-state index contributed by atoms with van der Waals surface area (Å²) < 4.78 is 6.34. The number of aliphatic hydroxyl groups excluding tert-OH is 1. The molecule has 2 aromatic heterocycles. The molecule has 5 rings (SSSR count). The third-order valence-electron chi connectivity index (χ3n) is 7.22. The number of carbonyl (C=O) groups excluding carboxylic acids is 1. The van der Waals surface area contributed by atoms with E-state index in [1.807, 2.05) is 30.5 Å². The molecule has 5 heteroatoms. The van der Waals surface area contributed by atoms with E-state index in [0.717, 1.165) is 35.3 Å². The summed E-state index contributed by atoms with van der Waals surface area (Å²) in [4.78, 5) is 14.6. The van der Waals surface area contributed by atoms with Crippen LogP contribution in [0.4, 0.5) is 0 Å². The van der Waals surface area contributed by atoms with Crippen LogP contribution in [0.25, 0.3) is 33.2 Å². The molecule has 1 aliphatic rings. The van der Waals surface area contributed by atoms with Crippen LogP contribution in [0.5, 0.6) is 0 Å². The minimum Gasteiger partial charge on any atom is -0.512 e. The summed E-state index contributed by atoms with van der Waals surface area (Å²) in [5, 5.41) is 10.8. The number of hydrogen-bond donors (Lipinski definition) is 1. The number of allylic oxidation sites excluding steroid dienone is 2. The van der Waals surface area contributed by atoms with Crippen molar-refractivity contribution in [2.45, 2.75) is 54.4 Å². The topological polar surface area (TPSA) is 63.3 Å². The molecule has 0 bridgehead atoms. The molecule has 35 heavy (non-hydrogen) atoms. The first-order valence-electron chi connectivity index (χ1n) is 11.7. The summed E-state index contributed by atoms with van der Waals surface area (Å²) >= 11 is 0. The second kappa shape index (κ2) is 10.1. The Balaban J connectivity index is 0.000000378. The molecule has 0 atom stereocenters. The number of aromatic nitrogens is 1. The third-order valence-corrected chi connectivity index (χ3v) is 7.22. The summed E-state index contributed by atoms with van der Waals surface area (Å²) in [6.45, 7) is 12.4. The number of rotatable bonds is 2. The summed E-state index contributed by atoms with van der Waals surface area (Å²) in [6, 6.07) is 17.7. The molecule has 0 fully saturated rings. The Kier molecular flexibility index (Phi) is 7.74. The van der Waals surface area contributed by atoms with Crippen LogP contribution in [0.15, 0.2) is 64.9 Å². The van der Waals surface area contributed by atoms with Gasteiger partial charge < -0.3 is 14.5 Å². The fraction of sp³-hybridized carbons (Fsp3) is 0.333. The van der Waals surface area contributed by atoms with Crippen molar-refractivity contribution >= 4 is 27.7 Å². The first-order valence-corrected chi connectivity index (χ1v) is 11.7. The Morgan fingerprint density at radius 2 is 1.77 bits per heavy atom. The van der Waals surface area contributed by atoms with Crippen LogP contribution in [0.1, 0.15) is 52.7 Å². The molecule has 0 amide bonds. The first-order chi connectivity index (χ1) is 16.0. The second-order valence-corrected chi connectivity index (χ2v) is 10.5. The molecule has 4 aromatic rings. The molecule has 1 aliphatic carbocycles. The first kappa shape index (κ1) is 26.8. The summed E-state index contributed by atoms with van der Waals surface area (Å²) in [5.74, 6) is -0.0625. The van der Waals surface area contributed by atoms with Crippen molar-refractivity contribution in [2.24, 2.45) is 10.8 Å². The zero-order valence-electron chi connectivity index (χ0n) is 21.2. The largest absolute Gasteiger partial charge is 0.512 e. The van der Waals surface area contributed by atoms with E-state index in [1.54, 1.807) is 0 Å². The number of aliphatic hydroxyl groups is 1. The number of furan rings is 1. The van der Waals surface area contributed by atoms with E-state index in [9.17, 15) is 4.79 Å². The molecule has 0 saturated heterocycles. The van der Waals surface area contributed by atoms with Crippen LogP contribution in [0, 0.1) is 16.9 Å². The molecule has 0 saturated carbocycles. The number of hydrogen-bond acceptors (Lipinski definition) is 4. The van der Waals surface area contributed by atoms with Gasteiger partial charge in [0.05, 0.1) is 5.76 Å². The zero-order chi connectivity index (χ0) is 24.7. The van der Waals surface area contributed by atoms with E-state index in [1.165, 1.54) is 41.8 Å². The van der Waals surface area contributed by atoms with Gasteiger partial charge in [0.25, 0.3) is 0 Å². The van der Waals surface area contributed by atoms with Gasteiger partial charge in [0.2, 0.25) is 0 Å². The Morgan fingerprint density at radius 1 is 1.06 bits per heavy atom. The van der Waals surface area contributed by atoms with E-state index in [2.05, 4.69) is 56.9 Å². The van der Waals surface area contributed by atoms with E-state index in [4.69, 9.17) is 9.52 Å². The number of fused-ring (bicyclic) bond motifs is 5. The minimum atomic E-state index is -0.125. The number of carbonyl (C=O) groups is 1. The summed E-state index contributed by atoms with van der Waals surface area (Å²) in [6.07, 6.45) is 5.23. The van der Waals surface area contributed by atoms with Crippen LogP contribution in [0.3, 0.4) is 0 Å². The van der Waals surface area contributed by atoms with E-state index in [-0.39, 0.29) is 42.5 Å². The molecule has 0 aliphatic heterocycles. The van der Waals surface area contributed by atoms with Gasteiger partial charge in [-0.2, -0.15) is 0 Å². The molecule has 2 aromatic carbocycles. The van der Waals surface area contributed by atoms with Crippen molar-refractivity contribution in [2.75, 3.05) is 0 Å². The van der Waals surface area contributed by atoms with Crippen LogP contribution in [-0.4, -0.2) is 15.9 Å². The molecule has 1 N–H and O–H groups in total. The summed E-state index contributed by atoms with van der Waals surface area (Å²) in [7, 11) is 0. The van der Waals surface area contributed by atoms with E-state index < -0.39 is 0 Å². The van der Waals surface area contributed by atoms with Gasteiger partial charge in [0.1, 0.15) is 11.2 Å². The minimum absolute atomic E-state index is 0. The monoisotopic (exact) mass is 647 g/mol. The molecule has 185 valence electrons. The van der Waals surface area contributed by atoms with Gasteiger partial charge in [-0.05, 0) is 60.8 Å². The molecule has 0 unspecified atom stereocenters. The maximum atomic E-state index is 10.0. The average molecular weight is 647 g/mol. The van der Waals surface area contributed by atoms with Crippen molar-refractivity contribution in [3.63, 3.8) is 0 Å². The predicted molar refractivity (Wildman–Crippen MR) is 138 cm³/mol. The fourth-order valence-corrected chi connectivity index (χ4v) is 4.70. The van der Waals surface area contributed by atoms with Crippen molar-refractivity contribution in [3.8, 4) is 11.3 Å². The zero-order valence-corrected chi connectivity index (χ0v) is 23.5. The van der Waals surface area contributed by atoms with Crippen LogP contribution in [-0.2, 0) is 37.7 Å². The normalized spacial score (nSPS) is 16.1. The molecule has 4 nitrogen and oxygen atoms in total. The van der Waals surface area contributed by atoms with E-state index in [0.29, 0.717) is 0 Å². The van der Waals surface area contributed by atoms with Gasteiger partial charge in [0, 0.05) is 48.8 Å². The van der Waals surface area contributed by atoms with Gasteiger partial charge in [-0.1, -0.05) is 33.8 Å². The number of nitrogens with zero attached hydrogens (tertiary/aromatic N) is 1. The van der Waals surface area contributed by atoms with Crippen LogP contribution in [0.2, 0.25) is 0 Å². The number of ketones is 1. The van der Waals surface area contributed by atoms with Gasteiger partial charge in [0.15, 0.2) is 5.78 Å². The van der Waals surface area contributed by atoms with E-state index >= 15 is 0 Å². The van der Waals surface area contributed by atoms with Gasteiger partial charge >= 0.3 is 0 Å². The average Bonchev–Trinajstić information content (AvgIpc) is 3.13. The number of benzene rings is 2. The molecule has 1 radical (unpaired) electrons. The molecular formula is C30H32IrNO3-. The maximum Gasteiger partial charge on any atom is 0.155 e. The molecular weight excluding hydrogens is 615 g/mol. The molecule has 0 spiro atoms. The maximum absolute atomic E-state index is 10.0. The Hall–Kier alpha value is -2.75. The molecule has 2 heterocycles. The van der Waals surface area contributed by atoms with Crippen molar-refractivity contribution < 1.29 is 34.4 Å². The van der Waals surface area contributed by atoms with Gasteiger partial charge in [-0.25, -0.2) is 0 Å². The SMILES string of the molecule is CC(=O)/C=C(/C)O.CC1(C)Cc2ccc3oc4c(-c5[c-]cccc5)nccc4c3c2CC1(C)C.[Ir]. The smallest absolute Gasteiger partial charge is 0.155 e. The number of pyridine rings is 1. The second-order valence-electron chi connectivity index (χ2n) is 10.5. The van der Waals surface area contributed by atoms with Crippen molar-refractivity contribution in [1.29, 1.82) is 0 Å². The Bertz CT molecular complexity index is 1390. The van der Waals surface area contributed by atoms with Crippen LogP contribution < -0.4 is 0 Å². The predicted octanol–water partition coefficient (Wildman–Crippen LogP) is 7.63.